The number of esters is 1. The highest BCUT2D eigenvalue weighted by Crippen LogP contribution is 2.32. The van der Waals surface area contributed by atoms with Crippen molar-refractivity contribution in [2.24, 2.45) is 0 Å². The third kappa shape index (κ3) is 4.70. The maximum Gasteiger partial charge on any atom is 0.339 e. The van der Waals surface area contributed by atoms with Gasteiger partial charge >= 0.3 is 5.97 Å². The first-order valence-corrected chi connectivity index (χ1v) is 11.3. The zero-order valence-corrected chi connectivity index (χ0v) is 19.0. The van der Waals surface area contributed by atoms with Gasteiger partial charge < -0.3 is 10.1 Å². The normalized spacial score (nSPS) is 11.8. The van der Waals surface area contributed by atoms with Crippen LogP contribution in [-0.4, -0.2) is 23.0 Å². The summed E-state index contributed by atoms with van der Waals surface area (Å²) in [5, 5.41) is 3.61. The molecule has 1 N–H and O–H groups in total. The zero-order chi connectivity index (χ0) is 22.7. The molecule has 1 aromatic heterocycles. The van der Waals surface area contributed by atoms with E-state index < -0.39 is 12.1 Å². The predicted octanol–water partition coefficient (Wildman–Crippen LogP) is 6.15. The van der Waals surface area contributed by atoms with Crippen molar-refractivity contribution in [1.82, 2.24) is 4.98 Å². The summed E-state index contributed by atoms with van der Waals surface area (Å²) in [6.45, 7) is 5.76. The predicted molar refractivity (Wildman–Crippen MR) is 129 cm³/mol. The molecular formula is C26H24N2O3S. The zero-order valence-electron chi connectivity index (χ0n) is 18.2. The van der Waals surface area contributed by atoms with Crippen molar-refractivity contribution < 1.29 is 14.3 Å². The van der Waals surface area contributed by atoms with Crippen LogP contribution in [0.1, 0.15) is 34.8 Å². The van der Waals surface area contributed by atoms with Crippen molar-refractivity contribution in [2.75, 3.05) is 5.32 Å². The number of aromatic nitrogens is 1. The van der Waals surface area contributed by atoms with Crippen LogP contribution in [-0.2, 0) is 9.53 Å². The summed E-state index contributed by atoms with van der Waals surface area (Å²) in [6.07, 6.45) is -0.530. The van der Waals surface area contributed by atoms with Gasteiger partial charge in [-0.25, -0.2) is 9.78 Å². The van der Waals surface area contributed by atoms with Gasteiger partial charge in [-0.2, -0.15) is 0 Å². The van der Waals surface area contributed by atoms with Gasteiger partial charge in [-0.05, 0) is 61.7 Å². The summed E-state index contributed by atoms with van der Waals surface area (Å²) >= 11 is 1.52. The monoisotopic (exact) mass is 444 g/mol. The summed E-state index contributed by atoms with van der Waals surface area (Å²) < 4.78 is 6.69. The van der Waals surface area contributed by atoms with Gasteiger partial charge in [0.05, 0.1) is 15.8 Å². The second kappa shape index (κ2) is 9.32. The van der Waals surface area contributed by atoms with Crippen molar-refractivity contribution in [1.29, 1.82) is 0 Å². The third-order valence-corrected chi connectivity index (χ3v) is 6.14. The second-order valence-corrected chi connectivity index (χ2v) is 8.73. The molecule has 1 atom stereocenters. The third-order valence-electron chi connectivity index (χ3n) is 5.07. The first kappa shape index (κ1) is 21.7. The number of anilines is 1. The number of carbonyl (C=O) groups is 2. The van der Waals surface area contributed by atoms with Crippen LogP contribution >= 0.6 is 11.3 Å². The number of nitrogens with zero attached hydrogens (tertiary/aromatic N) is 1. The van der Waals surface area contributed by atoms with Crippen molar-refractivity contribution in [3.63, 3.8) is 0 Å². The smallest absolute Gasteiger partial charge is 0.339 e. The lowest BCUT2D eigenvalue weighted by Gasteiger charge is -2.17. The standard InChI is InChI=1S/C26H24N2O3S/c1-4-22(24(29)27-18-14-16(2)13-17(3)15-18)31-26(30)20-10-6-5-9-19(20)25-28-21-11-7-8-12-23(21)32-25/h5-15,22H,4H2,1-3H3,(H,27,29). The second-order valence-electron chi connectivity index (χ2n) is 7.70. The van der Waals surface area contributed by atoms with Gasteiger partial charge in [0.15, 0.2) is 6.10 Å². The van der Waals surface area contributed by atoms with Gasteiger partial charge in [-0.1, -0.05) is 43.3 Å². The van der Waals surface area contributed by atoms with E-state index >= 15 is 0 Å². The van der Waals surface area contributed by atoms with Crippen LogP contribution in [0.5, 0.6) is 0 Å². The number of ether oxygens (including phenoxy) is 1. The fraction of sp³-hybridized carbons (Fsp3) is 0.192. The molecule has 0 aliphatic rings. The molecule has 5 nitrogen and oxygen atoms in total. The number of hydrogen-bond donors (Lipinski definition) is 1. The minimum absolute atomic E-state index is 0.344. The lowest BCUT2D eigenvalue weighted by molar-refractivity contribution is -0.124. The summed E-state index contributed by atoms with van der Waals surface area (Å²) in [6, 6.07) is 20.9. The minimum atomic E-state index is -0.897. The number of fused-ring (bicyclic) bond motifs is 1. The fourth-order valence-electron chi connectivity index (χ4n) is 3.62. The van der Waals surface area contributed by atoms with E-state index in [-0.39, 0.29) is 5.91 Å². The molecule has 0 saturated heterocycles. The van der Waals surface area contributed by atoms with Crippen LogP contribution in [0.4, 0.5) is 5.69 Å². The summed E-state index contributed by atoms with van der Waals surface area (Å²) in [5.41, 5.74) is 4.77. The molecule has 32 heavy (non-hydrogen) atoms. The molecule has 0 aliphatic heterocycles. The van der Waals surface area contributed by atoms with Gasteiger partial charge in [0, 0.05) is 11.3 Å². The van der Waals surface area contributed by atoms with Gasteiger partial charge in [0.25, 0.3) is 5.91 Å². The molecule has 162 valence electrons. The van der Waals surface area contributed by atoms with E-state index in [1.165, 1.54) is 11.3 Å². The van der Waals surface area contributed by atoms with Crippen molar-refractivity contribution >= 4 is 39.1 Å². The maximum atomic E-state index is 13.1. The molecule has 0 fully saturated rings. The Kier molecular flexibility index (Phi) is 6.32. The largest absolute Gasteiger partial charge is 0.449 e. The molecule has 3 aromatic carbocycles. The van der Waals surface area contributed by atoms with Crippen LogP contribution < -0.4 is 5.32 Å². The van der Waals surface area contributed by atoms with Crippen LogP contribution in [0.2, 0.25) is 0 Å². The van der Waals surface area contributed by atoms with Gasteiger partial charge in [0.1, 0.15) is 5.01 Å². The lowest BCUT2D eigenvalue weighted by Crippen LogP contribution is -2.32. The van der Waals surface area contributed by atoms with E-state index in [2.05, 4.69) is 10.3 Å². The van der Waals surface area contributed by atoms with Gasteiger partial charge in [-0.15, -0.1) is 11.3 Å². The van der Waals surface area contributed by atoms with Crippen LogP contribution in [0.3, 0.4) is 0 Å². The fourth-order valence-corrected chi connectivity index (χ4v) is 4.62. The number of rotatable bonds is 6. The van der Waals surface area contributed by atoms with E-state index in [1.807, 2.05) is 75.4 Å². The Morgan fingerprint density at radius 2 is 1.69 bits per heavy atom. The van der Waals surface area contributed by atoms with E-state index in [1.54, 1.807) is 12.1 Å². The number of carbonyl (C=O) groups excluding carboxylic acids is 2. The first-order valence-electron chi connectivity index (χ1n) is 10.5. The Morgan fingerprint density at radius 3 is 2.41 bits per heavy atom. The molecule has 1 amide bonds. The molecule has 0 spiro atoms. The Balaban J connectivity index is 1.55. The van der Waals surface area contributed by atoms with E-state index in [0.717, 1.165) is 26.4 Å². The summed E-state index contributed by atoms with van der Waals surface area (Å²) in [7, 11) is 0. The number of benzene rings is 3. The topological polar surface area (TPSA) is 68.3 Å². The molecule has 1 unspecified atom stereocenters. The van der Waals surface area contributed by atoms with Gasteiger partial charge in [-0.3, -0.25) is 4.79 Å². The molecule has 1 heterocycles. The molecule has 4 rings (SSSR count). The minimum Gasteiger partial charge on any atom is -0.449 e. The van der Waals surface area contributed by atoms with E-state index in [4.69, 9.17) is 4.74 Å². The highest BCUT2D eigenvalue weighted by molar-refractivity contribution is 7.21. The van der Waals surface area contributed by atoms with Crippen LogP contribution in [0.25, 0.3) is 20.8 Å². The Labute approximate surface area is 191 Å². The average molecular weight is 445 g/mol. The quantitative estimate of drug-likeness (QED) is 0.362. The average Bonchev–Trinajstić information content (AvgIpc) is 3.20. The van der Waals surface area contributed by atoms with Crippen LogP contribution in [0, 0.1) is 13.8 Å². The number of hydrogen-bond acceptors (Lipinski definition) is 5. The molecule has 0 aliphatic carbocycles. The molecule has 0 saturated carbocycles. The maximum absolute atomic E-state index is 13.1. The molecular weight excluding hydrogens is 420 g/mol. The number of amides is 1. The summed E-state index contributed by atoms with van der Waals surface area (Å²) in [5.74, 6) is -0.884. The highest BCUT2D eigenvalue weighted by Gasteiger charge is 2.24. The summed E-state index contributed by atoms with van der Waals surface area (Å²) in [4.78, 5) is 30.5. The molecule has 6 heteroatoms. The number of para-hydroxylation sites is 1. The highest BCUT2D eigenvalue weighted by atomic mass is 32.1. The lowest BCUT2D eigenvalue weighted by atomic mass is 10.1. The molecule has 4 aromatic rings. The van der Waals surface area contributed by atoms with Crippen molar-refractivity contribution in [2.45, 2.75) is 33.3 Å². The van der Waals surface area contributed by atoms with Gasteiger partial charge in [0.2, 0.25) is 0 Å². The van der Waals surface area contributed by atoms with Crippen molar-refractivity contribution in [3.05, 3.63) is 83.4 Å². The van der Waals surface area contributed by atoms with E-state index in [9.17, 15) is 9.59 Å². The molecule has 0 bridgehead atoms. The number of aryl methyl sites for hydroxylation is 2. The number of nitrogens with one attached hydrogen (secondary N) is 1. The first-order chi connectivity index (χ1) is 15.4. The van der Waals surface area contributed by atoms with E-state index in [0.29, 0.717) is 23.2 Å². The Bertz CT molecular complexity index is 1240. The van der Waals surface area contributed by atoms with Crippen molar-refractivity contribution in [3.8, 4) is 10.6 Å². The SMILES string of the molecule is CCC(OC(=O)c1ccccc1-c1nc2ccccc2s1)C(=O)Nc1cc(C)cc(C)c1. The van der Waals surface area contributed by atoms with Crippen LogP contribution in [0.15, 0.2) is 66.7 Å². The Hall–Kier alpha value is -3.51. The Morgan fingerprint density at radius 1 is 1.00 bits per heavy atom. The number of thiazole rings is 1. The molecule has 0 radical (unpaired) electrons.